The van der Waals surface area contributed by atoms with Crippen molar-refractivity contribution in [3.63, 3.8) is 0 Å². The summed E-state index contributed by atoms with van der Waals surface area (Å²) < 4.78 is 22.3. The highest BCUT2D eigenvalue weighted by atomic mass is 16.6. The molecule has 1 aliphatic heterocycles. The van der Waals surface area contributed by atoms with Gasteiger partial charge in [0.1, 0.15) is 30.8 Å². The number of hydrogen-bond donors (Lipinski definition) is 2. The first-order valence-corrected chi connectivity index (χ1v) is 10.5. The molecular formula is C23H30N2O6. The molecule has 2 aromatic rings. The first-order valence-electron chi connectivity index (χ1n) is 10.5. The fraction of sp³-hybridized carbons (Fsp3) is 0.478. The normalized spacial score (nSPS) is 16.0. The first-order chi connectivity index (χ1) is 15.0. The molecule has 3 rings (SSSR count). The minimum absolute atomic E-state index is 0.0697. The van der Waals surface area contributed by atoms with Gasteiger partial charge < -0.3 is 29.4 Å². The summed E-state index contributed by atoms with van der Waals surface area (Å²) in [6.45, 7) is 6.23. The van der Waals surface area contributed by atoms with Crippen molar-refractivity contribution < 1.29 is 28.8 Å². The van der Waals surface area contributed by atoms with Crippen LogP contribution in [0.15, 0.2) is 30.3 Å². The third kappa shape index (κ3) is 7.41. The van der Waals surface area contributed by atoms with Crippen LogP contribution in [-0.2, 0) is 27.1 Å². The summed E-state index contributed by atoms with van der Waals surface area (Å²) in [6.07, 6.45) is 1.31. The molecule has 0 bridgehead atoms. The van der Waals surface area contributed by atoms with Gasteiger partial charge in [0.2, 0.25) is 11.8 Å². The number of amides is 1. The van der Waals surface area contributed by atoms with E-state index < -0.39 is 0 Å². The van der Waals surface area contributed by atoms with Crippen molar-refractivity contribution in [2.75, 3.05) is 39.6 Å². The maximum atomic E-state index is 10.9. The van der Waals surface area contributed by atoms with E-state index in [-0.39, 0.29) is 17.8 Å². The molecule has 0 saturated carbocycles. The largest absolute Gasteiger partial charge is 0.507 e. The molecule has 2 N–H and O–H groups in total. The predicted molar refractivity (Wildman–Crippen MR) is 115 cm³/mol. The van der Waals surface area contributed by atoms with Gasteiger partial charge in [-0.15, -0.1) is 0 Å². The van der Waals surface area contributed by atoms with Crippen LogP contribution < -0.4 is 14.8 Å². The van der Waals surface area contributed by atoms with Crippen LogP contribution in [0.5, 0.6) is 17.4 Å². The Hall–Kier alpha value is -2.84. The number of aryl methyl sites for hydroxylation is 2. The van der Waals surface area contributed by atoms with Crippen LogP contribution in [0.4, 0.5) is 0 Å². The quantitative estimate of drug-likeness (QED) is 0.558. The molecule has 31 heavy (non-hydrogen) atoms. The molecule has 8 heteroatoms. The van der Waals surface area contributed by atoms with Gasteiger partial charge in [0.05, 0.1) is 32.1 Å². The first kappa shape index (κ1) is 22.8. The van der Waals surface area contributed by atoms with E-state index in [4.69, 9.17) is 18.9 Å². The van der Waals surface area contributed by atoms with E-state index in [1.165, 1.54) is 13.0 Å². The van der Waals surface area contributed by atoms with E-state index in [9.17, 15) is 9.90 Å². The standard InChI is InChI=1S/C23H30N2O6/c1-16-21(25-23(13-22(16)27)31-15-20-14-28-11-12-30-20)8-5-18-3-6-19(7-4-18)29-10-9-24-17(2)26/h3-4,6-7,13,20H,5,8-12,14-15H2,1-2H3,(H,24,26)(H,25,27). The van der Waals surface area contributed by atoms with Gasteiger partial charge in [-0.2, -0.15) is 0 Å². The van der Waals surface area contributed by atoms with Crippen molar-refractivity contribution in [1.29, 1.82) is 0 Å². The molecule has 1 amide bonds. The van der Waals surface area contributed by atoms with Crippen LogP contribution in [0, 0.1) is 6.92 Å². The van der Waals surface area contributed by atoms with Gasteiger partial charge in [-0.05, 0) is 37.5 Å². The second-order valence-electron chi connectivity index (χ2n) is 7.41. The fourth-order valence-corrected chi connectivity index (χ4v) is 3.16. The Morgan fingerprint density at radius 1 is 1.23 bits per heavy atom. The number of carbonyl (C=O) groups is 1. The molecule has 1 unspecified atom stereocenters. The summed E-state index contributed by atoms with van der Waals surface area (Å²) in [5.41, 5.74) is 2.68. The van der Waals surface area contributed by atoms with Crippen molar-refractivity contribution in [1.82, 2.24) is 10.3 Å². The fourth-order valence-electron chi connectivity index (χ4n) is 3.16. The van der Waals surface area contributed by atoms with E-state index in [1.54, 1.807) is 0 Å². The van der Waals surface area contributed by atoms with Crippen molar-refractivity contribution >= 4 is 5.91 Å². The van der Waals surface area contributed by atoms with Crippen molar-refractivity contribution in [3.05, 3.63) is 47.2 Å². The van der Waals surface area contributed by atoms with Gasteiger partial charge >= 0.3 is 0 Å². The molecule has 1 aliphatic rings. The van der Waals surface area contributed by atoms with Gasteiger partial charge in [-0.3, -0.25) is 4.79 Å². The summed E-state index contributed by atoms with van der Waals surface area (Å²) in [5, 5.41) is 13.0. The zero-order valence-corrected chi connectivity index (χ0v) is 18.1. The van der Waals surface area contributed by atoms with Gasteiger partial charge in [-0.1, -0.05) is 12.1 Å². The lowest BCUT2D eigenvalue weighted by Crippen LogP contribution is -2.33. The Kier molecular flexibility index (Phi) is 8.49. The maximum Gasteiger partial charge on any atom is 0.217 e. The number of aromatic hydroxyl groups is 1. The summed E-state index contributed by atoms with van der Waals surface area (Å²) in [7, 11) is 0. The molecule has 1 saturated heterocycles. The summed E-state index contributed by atoms with van der Waals surface area (Å²) >= 11 is 0. The zero-order valence-electron chi connectivity index (χ0n) is 18.1. The van der Waals surface area contributed by atoms with Crippen molar-refractivity contribution in [2.45, 2.75) is 32.8 Å². The van der Waals surface area contributed by atoms with Crippen LogP contribution in [0.2, 0.25) is 0 Å². The second-order valence-corrected chi connectivity index (χ2v) is 7.41. The highest BCUT2D eigenvalue weighted by Crippen LogP contribution is 2.25. The predicted octanol–water partition coefficient (Wildman–Crippen LogP) is 2.19. The number of benzene rings is 1. The summed E-state index contributed by atoms with van der Waals surface area (Å²) in [6, 6.07) is 9.36. The molecule has 168 valence electrons. The molecule has 1 fully saturated rings. The van der Waals surface area contributed by atoms with Gasteiger partial charge in [0.15, 0.2) is 0 Å². The third-order valence-electron chi connectivity index (χ3n) is 4.94. The number of aromatic nitrogens is 1. The molecular weight excluding hydrogens is 400 g/mol. The lowest BCUT2D eigenvalue weighted by atomic mass is 10.0. The molecule has 0 aliphatic carbocycles. The lowest BCUT2D eigenvalue weighted by molar-refractivity contribution is -0.119. The molecule has 0 spiro atoms. The van der Waals surface area contributed by atoms with Gasteiger partial charge in [0, 0.05) is 18.6 Å². The van der Waals surface area contributed by atoms with Crippen LogP contribution in [0.25, 0.3) is 0 Å². The van der Waals surface area contributed by atoms with Crippen LogP contribution in [0.3, 0.4) is 0 Å². The monoisotopic (exact) mass is 430 g/mol. The van der Waals surface area contributed by atoms with Crippen molar-refractivity contribution in [3.8, 4) is 17.4 Å². The second kappa shape index (κ2) is 11.5. The Bertz CT molecular complexity index is 850. The van der Waals surface area contributed by atoms with Gasteiger partial charge in [-0.25, -0.2) is 4.98 Å². The van der Waals surface area contributed by atoms with E-state index >= 15 is 0 Å². The third-order valence-corrected chi connectivity index (χ3v) is 4.94. The Balaban J connectivity index is 1.51. The Labute approximate surface area is 182 Å². The molecule has 1 aromatic heterocycles. The van der Waals surface area contributed by atoms with Gasteiger partial charge in [0.25, 0.3) is 0 Å². The average Bonchev–Trinajstić information content (AvgIpc) is 2.78. The summed E-state index contributed by atoms with van der Waals surface area (Å²) in [4.78, 5) is 15.4. The highest BCUT2D eigenvalue weighted by Gasteiger charge is 2.16. The number of rotatable bonds is 10. The highest BCUT2D eigenvalue weighted by molar-refractivity contribution is 5.72. The van der Waals surface area contributed by atoms with E-state index in [1.807, 2.05) is 31.2 Å². The molecule has 0 radical (unpaired) electrons. The van der Waals surface area contributed by atoms with E-state index in [2.05, 4.69) is 10.3 Å². The van der Waals surface area contributed by atoms with Crippen LogP contribution >= 0.6 is 0 Å². The molecule has 1 aromatic carbocycles. The SMILES string of the molecule is CC(=O)NCCOc1ccc(CCc2nc(OCC3COCCO3)cc(O)c2C)cc1. The lowest BCUT2D eigenvalue weighted by Gasteiger charge is -2.23. The molecule has 2 heterocycles. The minimum atomic E-state index is -0.124. The minimum Gasteiger partial charge on any atom is -0.507 e. The van der Waals surface area contributed by atoms with Crippen LogP contribution in [0.1, 0.15) is 23.7 Å². The Morgan fingerprint density at radius 3 is 2.74 bits per heavy atom. The smallest absolute Gasteiger partial charge is 0.217 e. The number of pyridine rings is 1. The molecule has 8 nitrogen and oxygen atoms in total. The molecule has 1 atom stereocenters. The number of nitrogens with one attached hydrogen (secondary N) is 1. The zero-order chi connectivity index (χ0) is 22.1. The average molecular weight is 431 g/mol. The number of carbonyl (C=O) groups excluding carboxylic acids is 1. The number of hydrogen-bond acceptors (Lipinski definition) is 7. The van der Waals surface area contributed by atoms with Crippen LogP contribution in [-0.4, -0.2) is 61.7 Å². The van der Waals surface area contributed by atoms with Crippen molar-refractivity contribution in [2.24, 2.45) is 0 Å². The number of nitrogens with zero attached hydrogens (tertiary/aromatic N) is 1. The number of ether oxygens (including phenoxy) is 4. The summed E-state index contributed by atoms with van der Waals surface area (Å²) in [5.74, 6) is 1.24. The Morgan fingerprint density at radius 2 is 2.03 bits per heavy atom. The maximum absolute atomic E-state index is 10.9. The topological polar surface area (TPSA) is 99.1 Å². The van der Waals surface area contributed by atoms with E-state index in [0.29, 0.717) is 51.9 Å². The van der Waals surface area contributed by atoms with E-state index in [0.717, 1.165) is 29.0 Å².